The lowest BCUT2D eigenvalue weighted by Gasteiger charge is -2.40. The van der Waals surface area contributed by atoms with E-state index in [9.17, 15) is 9.90 Å². The van der Waals surface area contributed by atoms with Crippen molar-refractivity contribution >= 4 is 11.7 Å². The summed E-state index contributed by atoms with van der Waals surface area (Å²) in [5.74, 6) is -0.742. The van der Waals surface area contributed by atoms with Gasteiger partial charge in [-0.15, -0.1) is 0 Å². The van der Waals surface area contributed by atoms with Crippen LogP contribution in [0.4, 0.5) is 5.69 Å². The maximum atomic E-state index is 12.1. The standard InChI is InChI=1S/C21H25NO2/c23-21(24)20(16-17-10-4-1-5-11-17)22(18-12-6-2-7-13-18)19-14-8-3-9-15-19/h1-2,4-7,10-13,19-20H,3,8-9,14-16H2,(H,23,24)/t20-/m0/s1. The number of benzene rings is 2. The average Bonchev–Trinajstić information content (AvgIpc) is 2.64. The zero-order chi connectivity index (χ0) is 16.8. The van der Waals surface area contributed by atoms with Crippen molar-refractivity contribution in [3.05, 3.63) is 66.2 Å². The Bertz CT molecular complexity index is 635. The van der Waals surface area contributed by atoms with Crippen molar-refractivity contribution in [2.45, 2.75) is 50.6 Å². The van der Waals surface area contributed by atoms with Gasteiger partial charge in [-0.2, -0.15) is 0 Å². The average molecular weight is 323 g/mol. The predicted molar refractivity (Wildman–Crippen MR) is 97.4 cm³/mol. The number of hydrogen-bond acceptors (Lipinski definition) is 2. The van der Waals surface area contributed by atoms with Crippen LogP contribution in [0.25, 0.3) is 0 Å². The third kappa shape index (κ3) is 3.97. The first kappa shape index (κ1) is 16.6. The van der Waals surface area contributed by atoms with Crippen LogP contribution in [0.2, 0.25) is 0 Å². The van der Waals surface area contributed by atoms with Gasteiger partial charge in [-0.05, 0) is 30.5 Å². The molecular weight excluding hydrogens is 298 g/mol. The van der Waals surface area contributed by atoms with Crippen molar-refractivity contribution in [1.29, 1.82) is 0 Å². The van der Waals surface area contributed by atoms with Crippen LogP contribution >= 0.6 is 0 Å². The molecule has 2 aromatic carbocycles. The second-order valence-electron chi connectivity index (χ2n) is 6.58. The first-order valence-electron chi connectivity index (χ1n) is 8.86. The molecule has 126 valence electrons. The number of rotatable bonds is 6. The number of carbonyl (C=O) groups is 1. The summed E-state index contributed by atoms with van der Waals surface area (Å²) in [6.45, 7) is 0. The topological polar surface area (TPSA) is 40.5 Å². The fourth-order valence-electron chi connectivity index (χ4n) is 3.75. The van der Waals surface area contributed by atoms with E-state index in [0.29, 0.717) is 12.5 Å². The molecule has 3 nitrogen and oxygen atoms in total. The third-order valence-corrected chi connectivity index (χ3v) is 4.92. The van der Waals surface area contributed by atoms with Crippen molar-refractivity contribution < 1.29 is 9.90 Å². The first-order chi connectivity index (χ1) is 11.8. The monoisotopic (exact) mass is 323 g/mol. The molecule has 1 N–H and O–H groups in total. The van der Waals surface area contributed by atoms with E-state index in [1.165, 1.54) is 19.3 Å². The Morgan fingerprint density at radius 1 is 0.958 bits per heavy atom. The van der Waals surface area contributed by atoms with Gasteiger partial charge in [0.05, 0.1) is 0 Å². The zero-order valence-electron chi connectivity index (χ0n) is 14.0. The van der Waals surface area contributed by atoms with E-state index in [4.69, 9.17) is 0 Å². The predicted octanol–water partition coefficient (Wildman–Crippen LogP) is 4.52. The smallest absolute Gasteiger partial charge is 0.326 e. The molecule has 1 aliphatic rings. The van der Waals surface area contributed by atoms with Crippen LogP contribution in [0.5, 0.6) is 0 Å². The van der Waals surface area contributed by atoms with Crippen molar-refractivity contribution in [2.75, 3.05) is 4.90 Å². The fraction of sp³-hybridized carbons (Fsp3) is 0.381. The van der Waals surface area contributed by atoms with Gasteiger partial charge in [-0.3, -0.25) is 0 Å². The van der Waals surface area contributed by atoms with Gasteiger partial charge in [0, 0.05) is 18.2 Å². The molecule has 0 heterocycles. The van der Waals surface area contributed by atoms with E-state index in [1.54, 1.807) is 0 Å². The van der Waals surface area contributed by atoms with Gasteiger partial charge in [0.15, 0.2) is 0 Å². The molecule has 0 aromatic heterocycles. The fourth-order valence-corrected chi connectivity index (χ4v) is 3.75. The van der Waals surface area contributed by atoms with Crippen molar-refractivity contribution in [2.24, 2.45) is 0 Å². The molecule has 1 atom stereocenters. The van der Waals surface area contributed by atoms with E-state index in [2.05, 4.69) is 4.90 Å². The molecule has 2 aromatic rings. The maximum Gasteiger partial charge on any atom is 0.326 e. The minimum Gasteiger partial charge on any atom is -0.480 e. The van der Waals surface area contributed by atoms with Crippen LogP contribution in [0, 0.1) is 0 Å². The Labute approximate surface area is 143 Å². The highest BCUT2D eigenvalue weighted by molar-refractivity contribution is 5.79. The van der Waals surface area contributed by atoms with Crippen LogP contribution < -0.4 is 4.90 Å². The van der Waals surface area contributed by atoms with Crippen LogP contribution in [-0.2, 0) is 11.2 Å². The van der Waals surface area contributed by atoms with Gasteiger partial charge in [0.25, 0.3) is 0 Å². The summed E-state index contributed by atoms with van der Waals surface area (Å²) in [5.41, 5.74) is 2.09. The second kappa shape index (κ2) is 8.00. The minimum absolute atomic E-state index is 0.311. The van der Waals surface area contributed by atoms with Gasteiger partial charge in [0.2, 0.25) is 0 Å². The molecule has 3 heteroatoms. The minimum atomic E-state index is -0.742. The van der Waals surface area contributed by atoms with Crippen LogP contribution in [-0.4, -0.2) is 23.2 Å². The molecule has 0 radical (unpaired) electrons. The number of para-hydroxylation sites is 1. The normalized spacial score (nSPS) is 16.5. The largest absolute Gasteiger partial charge is 0.480 e. The van der Waals surface area contributed by atoms with Crippen molar-refractivity contribution in [3.63, 3.8) is 0 Å². The summed E-state index contributed by atoms with van der Waals surface area (Å²) in [7, 11) is 0. The highest BCUT2D eigenvalue weighted by atomic mass is 16.4. The zero-order valence-corrected chi connectivity index (χ0v) is 14.0. The molecule has 0 aliphatic heterocycles. The Morgan fingerprint density at radius 2 is 1.54 bits per heavy atom. The lowest BCUT2D eigenvalue weighted by atomic mass is 9.91. The Hall–Kier alpha value is -2.29. The lowest BCUT2D eigenvalue weighted by Crippen LogP contribution is -2.49. The quantitative estimate of drug-likeness (QED) is 0.849. The van der Waals surface area contributed by atoms with Crippen LogP contribution in [0.15, 0.2) is 60.7 Å². The molecule has 0 bridgehead atoms. The second-order valence-corrected chi connectivity index (χ2v) is 6.58. The molecule has 3 rings (SSSR count). The number of anilines is 1. The SMILES string of the molecule is O=C(O)[C@H](Cc1ccccc1)N(c1ccccc1)C1CCCCC1. The summed E-state index contributed by atoms with van der Waals surface area (Å²) in [4.78, 5) is 14.3. The highest BCUT2D eigenvalue weighted by Gasteiger charge is 2.32. The van der Waals surface area contributed by atoms with Crippen molar-refractivity contribution in [3.8, 4) is 0 Å². The van der Waals surface area contributed by atoms with Crippen molar-refractivity contribution in [1.82, 2.24) is 0 Å². The molecular formula is C21H25NO2. The number of aliphatic carboxylic acids is 1. The van der Waals surface area contributed by atoms with Gasteiger partial charge < -0.3 is 10.0 Å². The van der Waals surface area contributed by atoms with E-state index < -0.39 is 12.0 Å². The molecule has 1 fully saturated rings. The van der Waals surface area contributed by atoms with E-state index in [0.717, 1.165) is 24.1 Å². The van der Waals surface area contributed by atoms with Crippen LogP contribution in [0.3, 0.4) is 0 Å². The van der Waals surface area contributed by atoms with E-state index in [-0.39, 0.29) is 0 Å². The molecule has 0 unspecified atom stereocenters. The summed E-state index contributed by atoms with van der Waals surface area (Å²) >= 11 is 0. The summed E-state index contributed by atoms with van der Waals surface area (Å²) in [6.07, 6.45) is 6.31. The molecule has 24 heavy (non-hydrogen) atoms. The van der Waals surface area contributed by atoms with E-state index >= 15 is 0 Å². The molecule has 0 spiro atoms. The Kier molecular flexibility index (Phi) is 5.52. The van der Waals surface area contributed by atoms with Crippen LogP contribution in [0.1, 0.15) is 37.7 Å². The van der Waals surface area contributed by atoms with Gasteiger partial charge in [-0.25, -0.2) is 4.79 Å². The lowest BCUT2D eigenvalue weighted by molar-refractivity contribution is -0.138. The summed E-state index contributed by atoms with van der Waals surface area (Å²) in [5, 5.41) is 9.96. The number of hydrogen-bond donors (Lipinski definition) is 1. The summed E-state index contributed by atoms with van der Waals surface area (Å²) in [6, 6.07) is 19.8. The van der Waals surface area contributed by atoms with Gasteiger partial charge in [0.1, 0.15) is 6.04 Å². The maximum absolute atomic E-state index is 12.1. The third-order valence-electron chi connectivity index (χ3n) is 4.92. The molecule has 1 aliphatic carbocycles. The molecule has 1 saturated carbocycles. The Balaban J connectivity index is 1.92. The number of carboxylic acid groups (broad SMARTS) is 1. The Morgan fingerprint density at radius 3 is 2.12 bits per heavy atom. The highest BCUT2D eigenvalue weighted by Crippen LogP contribution is 2.30. The molecule has 0 saturated heterocycles. The van der Waals surface area contributed by atoms with E-state index in [1.807, 2.05) is 60.7 Å². The molecule has 0 amide bonds. The number of carboxylic acids is 1. The van der Waals surface area contributed by atoms with Gasteiger partial charge in [-0.1, -0.05) is 67.8 Å². The summed E-state index contributed by atoms with van der Waals surface area (Å²) < 4.78 is 0. The van der Waals surface area contributed by atoms with Gasteiger partial charge >= 0.3 is 5.97 Å². The number of nitrogens with zero attached hydrogens (tertiary/aromatic N) is 1. The first-order valence-corrected chi connectivity index (χ1v) is 8.86.